The summed E-state index contributed by atoms with van der Waals surface area (Å²) in [7, 11) is 0. The first-order chi connectivity index (χ1) is 6.45. The summed E-state index contributed by atoms with van der Waals surface area (Å²) in [5.74, 6) is -0.555. The van der Waals surface area contributed by atoms with Crippen LogP contribution in [-0.4, -0.2) is 15.0 Å². The molecule has 1 aromatic rings. The van der Waals surface area contributed by atoms with Gasteiger partial charge < -0.3 is 5.11 Å². The van der Waals surface area contributed by atoms with Crippen molar-refractivity contribution >= 4 is 21.6 Å². The molecule has 0 saturated carbocycles. The van der Waals surface area contributed by atoms with Crippen LogP contribution in [0.4, 0.5) is 14.5 Å². The van der Waals surface area contributed by atoms with Crippen molar-refractivity contribution in [2.45, 2.75) is 6.43 Å². The number of aromatic nitrogens is 1. The Kier molecular flexibility index (Phi) is 2.94. The van der Waals surface area contributed by atoms with Crippen LogP contribution in [0.3, 0.4) is 0 Å². The Morgan fingerprint density at radius 2 is 2.21 bits per heavy atom. The van der Waals surface area contributed by atoms with Crippen molar-refractivity contribution in [1.29, 1.82) is 0 Å². The molecule has 0 aliphatic carbocycles. The SMILES string of the molecule is O=[N+]([O-])c1c(C(F)F)ncc(O)c1Br. The van der Waals surface area contributed by atoms with Gasteiger partial charge in [-0.25, -0.2) is 13.8 Å². The van der Waals surface area contributed by atoms with Crippen molar-refractivity contribution in [3.63, 3.8) is 0 Å². The second-order valence-corrected chi connectivity index (χ2v) is 3.04. The topological polar surface area (TPSA) is 76.3 Å². The highest BCUT2D eigenvalue weighted by molar-refractivity contribution is 9.10. The van der Waals surface area contributed by atoms with Crippen molar-refractivity contribution in [2.24, 2.45) is 0 Å². The van der Waals surface area contributed by atoms with Gasteiger partial charge in [0.2, 0.25) is 0 Å². The third kappa shape index (κ3) is 1.79. The van der Waals surface area contributed by atoms with Gasteiger partial charge in [0.25, 0.3) is 6.43 Å². The van der Waals surface area contributed by atoms with E-state index in [1.807, 2.05) is 0 Å². The van der Waals surface area contributed by atoms with E-state index in [2.05, 4.69) is 20.9 Å². The molecule has 1 N–H and O–H groups in total. The van der Waals surface area contributed by atoms with Gasteiger partial charge in [0.1, 0.15) is 4.47 Å². The Hall–Kier alpha value is -1.31. The number of hydrogen-bond donors (Lipinski definition) is 1. The van der Waals surface area contributed by atoms with E-state index in [1.165, 1.54) is 0 Å². The number of nitro groups is 1. The van der Waals surface area contributed by atoms with E-state index < -0.39 is 33.0 Å². The lowest BCUT2D eigenvalue weighted by atomic mass is 10.3. The molecule has 0 amide bonds. The predicted molar refractivity (Wildman–Crippen MR) is 45.2 cm³/mol. The molecular formula is C6H3BrF2N2O3. The van der Waals surface area contributed by atoms with Gasteiger partial charge >= 0.3 is 5.69 Å². The Labute approximate surface area is 84.7 Å². The fraction of sp³-hybridized carbons (Fsp3) is 0.167. The summed E-state index contributed by atoms with van der Waals surface area (Å²) in [5.41, 5.74) is -1.89. The molecule has 14 heavy (non-hydrogen) atoms. The molecule has 0 aromatic carbocycles. The molecule has 0 radical (unpaired) electrons. The highest BCUT2D eigenvalue weighted by Crippen LogP contribution is 2.38. The number of hydrogen-bond acceptors (Lipinski definition) is 4. The minimum absolute atomic E-state index is 0.396. The minimum Gasteiger partial charge on any atom is -0.505 e. The average Bonchev–Trinajstić information content (AvgIpc) is 2.08. The minimum atomic E-state index is -3.06. The molecule has 0 unspecified atom stereocenters. The summed E-state index contributed by atoms with van der Waals surface area (Å²) in [6.07, 6.45) is -2.34. The summed E-state index contributed by atoms with van der Waals surface area (Å²) in [4.78, 5) is 12.4. The third-order valence-electron chi connectivity index (χ3n) is 1.39. The third-order valence-corrected chi connectivity index (χ3v) is 2.17. The maximum atomic E-state index is 12.2. The Bertz CT molecular complexity index is 386. The quantitative estimate of drug-likeness (QED) is 0.660. The van der Waals surface area contributed by atoms with Crippen LogP contribution in [0, 0.1) is 10.1 Å². The number of aromatic hydroxyl groups is 1. The molecule has 0 aliphatic rings. The molecule has 1 heterocycles. The average molecular weight is 269 g/mol. The number of pyridine rings is 1. The molecule has 1 rings (SSSR count). The first-order valence-corrected chi connectivity index (χ1v) is 4.04. The molecule has 5 nitrogen and oxygen atoms in total. The van der Waals surface area contributed by atoms with Crippen LogP contribution in [0.5, 0.6) is 5.75 Å². The summed E-state index contributed by atoms with van der Waals surface area (Å²) in [6.45, 7) is 0. The lowest BCUT2D eigenvalue weighted by Crippen LogP contribution is -2.00. The lowest BCUT2D eigenvalue weighted by Gasteiger charge is -2.03. The molecule has 0 fully saturated rings. The molecule has 0 aliphatic heterocycles. The molecule has 76 valence electrons. The standard InChI is InChI=1S/C6H3BrF2N2O3/c7-3-2(12)1-10-4(6(8)9)5(3)11(13)14/h1,6,12H. The van der Waals surface area contributed by atoms with E-state index in [9.17, 15) is 18.9 Å². The van der Waals surface area contributed by atoms with Crippen molar-refractivity contribution in [1.82, 2.24) is 4.98 Å². The normalized spacial score (nSPS) is 10.6. The van der Waals surface area contributed by atoms with Crippen LogP contribution in [0.25, 0.3) is 0 Å². The summed E-state index contributed by atoms with van der Waals surface area (Å²) in [5, 5.41) is 19.4. The number of nitrogens with zero attached hydrogens (tertiary/aromatic N) is 2. The van der Waals surface area contributed by atoms with Gasteiger partial charge in [0.05, 0.1) is 11.1 Å². The van der Waals surface area contributed by atoms with E-state index >= 15 is 0 Å². The highest BCUT2D eigenvalue weighted by atomic mass is 79.9. The molecule has 8 heteroatoms. The molecule has 1 aromatic heterocycles. The predicted octanol–water partition coefficient (Wildman–Crippen LogP) is 2.40. The van der Waals surface area contributed by atoms with Gasteiger partial charge in [-0.1, -0.05) is 0 Å². The molecule has 0 spiro atoms. The van der Waals surface area contributed by atoms with Crippen LogP contribution in [0.1, 0.15) is 12.1 Å². The van der Waals surface area contributed by atoms with Crippen molar-refractivity contribution in [2.75, 3.05) is 0 Å². The molecule has 0 saturated heterocycles. The molecule has 0 atom stereocenters. The van der Waals surface area contributed by atoms with Crippen LogP contribution in [0.2, 0.25) is 0 Å². The zero-order valence-electron chi connectivity index (χ0n) is 6.45. The van der Waals surface area contributed by atoms with Crippen LogP contribution in [0.15, 0.2) is 10.7 Å². The first kappa shape index (κ1) is 10.8. The number of alkyl halides is 2. The summed E-state index contributed by atoms with van der Waals surface area (Å²) in [6, 6.07) is 0. The summed E-state index contributed by atoms with van der Waals surface area (Å²) < 4.78 is 24.1. The van der Waals surface area contributed by atoms with Crippen molar-refractivity contribution < 1.29 is 18.8 Å². The van der Waals surface area contributed by atoms with Gasteiger partial charge in [-0.2, -0.15) is 0 Å². The van der Waals surface area contributed by atoms with E-state index in [4.69, 9.17) is 5.11 Å². The largest absolute Gasteiger partial charge is 0.505 e. The smallest absolute Gasteiger partial charge is 0.314 e. The second kappa shape index (κ2) is 3.82. The van der Waals surface area contributed by atoms with Crippen LogP contribution < -0.4 is 0 Å². The zero-order chi connectivity index (χ0) is 10.9. The Morgan fingerprint density at radius 3 is 2.64 bits per heavy atom. The monoisotopic (exact) mass is 268 g/mol. The van der Waals surface area contributed by atoms with Crippen molar-refractivity contribution in [3.8, 4) is 5.75 Å². The van der Waals surface area contributed by atoms with Gasteiger partial charge in [0, 0.05) is 0 Å². The van der Waals surface area contributed by atoms with E-state index in [0.29, 0.717) is 0 Å². The zero-order valence-corrected chi connectivity index (χ0v) is 8.03. The maximum absolute atomic E-state index is 12.2. The Morgan fingerprint density at radius 1 is 1.64 bits per heavy atom. The second-order valence-electron chi connectivity index (χ2n) is 2.25. The number of rotatable bonds is 2. The lowest BCUT2D eigenvalue weighted by molar-refractivity contribution is -0.387. The van der Waals surface area contributed by atoms with Gasteiger partial charge in [0.15, 0.2) is 11.4 Å². The van der Waals surface area contributed by atoms with Crippen LogP contribution >= 0.6 is 15.9 Å². The van der Waals surface area contributed by atoms with E-state index in [0.717, 1.165) is 6.20 Å². The fourth-order valence-corrected chi connectivity index (χ4v) is 1.27. The molecule has 0 bridgehead atoms. The van der Waals surface area contributed by atoms with Gasteiger partial charge in [-0.05, 0) is 15.9 Å². The van der Waals surface area contributed by atoms with Crippen molar-refractivity contribution in [3.05, 3.63) is 26.5 Å². The van der Waals surface area contributed by atoms with Gasteiger partial charge in [-0.15, -0.1) is 0 Å². The first-order valence-electron chi connectivity index (χ1n) is 3.25. The number of halogens is 3. The summed E-state index contributed by atoms with van der Waals surface area (Å²) >= 11 is 2.63. The van der Waals surface area contributed by atoms with Crippen LogP contribution in [-0.2, 0) is 0 Å². The molecular weight excluding hydrogens is 266 g/mol. The van der Waals surface area contributed by atoms with E-state index in [-0.39, 0.29) is 0 Å². The Balaban J connectivity index is 3.45. The highest BCUT2D eigenvalue weighted by Gasteiger charge is 2.28. The van der Waals surface area contributed by atoms with E-state index in [1.54, 1.807) is 0 Å². The van der Waals surface area contributed by atoms with Gasteiger partial charge in [-0.3, -0.25) is 10.1 Å². The fourth-order valence-electron chi connectivity index (χ4n) is 0.816. The maximum Gasteiger partial charge on any atom is 0.314 e.